The molecule has 196 valence electrons. The number of carbonyl (C=O) groups is 2. The molecule has 1 amide bonds. The second-order valence-corrected chi connectivity index (χ2v) is 9.79. The van der Waals surface area contributed by atoms with Crippen LogP contribution in [-0.2, 0) is 27.1 Å². The number of halogens is 2. The van der Waals surface area contributed by atoms with Gasteiger partial charge in [0, 0.05) is 24.4 Å². The van der Waals surface area contributed by atoms with Crippen molar-refractivity contribution in [3.8, 4) is 0 Å². The summed E-state index contributed by atoms with van der Waals surface area (Å²) in [6, 6.07) is 11.6. The third-order valence-corrected chi connectivity index (χ3v) is 7.31. The van der Waals surface area contributed by atoms with Crippen LogP contribution in [0.4, 0.5) is 19.3 Å². The first-order chi connectivity index (χ1) is 17.7. The van der Waals surface area contributed by atoms with Crippen LogP contribution in [0.1, 0.15) is 48.7 Å². The molecule has 2 aliphatic heterocycles. The number of carbonyl (C=O) groups excluding carboxylic acids is 1. The molecule has 0 spiro atoms. The number of ether oxygens (including phenoxy) is 2. The van der Waals surface area contributed by atoms with Crippen LogP contribution in [0.25, 0.3) is 11.0 Å². The number of anilines is 1. The molecule has 2 aliphatic rings. The molecule has 0 bridgehead atoms. The first-order valence-corrected chi connectivity index (χ1v) is 12.3. The number of imidazole rings is 1. The zero-order chi connectivity index (χ0) is 26.3. The fourth-order valence-corrected chi connectivity index (χ4v) is 5.56. The number of methoxy groups -OCH3 is 1. The number of fused-ring (bicyclic) bond motifs is 3. The minimum Gasteiger partial charge on any atom is -0.481 e. The summed E-state index contributed by atoms with van der Waals surface area (Å²) in [5.41, 5.74) is 3.29. The molecule has 8 nitrogen and oxygen atoms in total. The molecule has 3 aromatic rings. The van der Waals surface area contributed by atoms with E-state index in [1.54, 1.807) is 51.9 Å². The Morgan fingerprint density at radius 1 is 1.24 bits per heavy atom. The van der Waals surface area contributed by atoms with Crippen molar-refractivity contribution in [1.82, 2.24) is 9.55 Å². The van der Waals surface area contributed by atoms with Crippen LogP contribution in [0.3, 0.4) is 0 Å². The van der Waals surface area contributed by atoms with Gasteiger partial charge in [-0.05, 0) is 37.5 Å². The van der Waals surface area contributed by atoms with Crippen LogP contribution in [-0.4, -0.2) is 59.0 Å². The third-order valence-electron chi connectivity index (χ3n) is 7.31. The average Bonchev–Trinajstić information content (AvgIpc) is 3.25. The maximum Gasteiger partial charge on any atom is 0.414 e. The third kappa shape index (κ3) is 4.66. The van der Waals surface area contributed by atoms with E-state index in [9.17, 15) is 23.5 Å². The monoisotopic (exact) mass is 513 g/mol. The maximum absolute atomic E-state index is 14.4. The molecule has 1 aromatic heterocycles. The largest absolute Gasteiger partial charge is 0.481 e. The van der Waals surface area contributed by atoms with Crippen molar-refractivity contribution in [2.75, 3.05) is 25.2 Å². The number of benzene rings is 2. The van der Waals surface area contributed by atoms with Crippen molar-refractivity contribution in [2.45, 2.75) is 56.5 Å². The number of nitrogens with zero attached hydrogens (tertiary/aromatic N) is 3. The van der Waals surface area contributed by atoms with E-state index in [-0.39, 0.29) is 19.1 Å². The second-order valence-electron chi connectivity index (χ2n) is 9.79. The van der Waals surface area contributed by atoms with Crippen LogP contribution in [0, 0.1) is 0 Å². The van der Waals surface area contributed by atoms with E-state index in [4.69, 9.17) is 14.5 Å². The molecule has 0 aliphatic carbocycles. The van der Waals surface area contributed by atoms with Gasteiger partial charge in [-0.25, -0.2) is 18.6 Å². The van der Waals surface area contributed by atoms with E-state index in [1.165, 1.54) is 7.11 Å². The van der Waals surface area contributed by atoms with E-state index in [0.29, 0.717) is 41.0 Å². The molecule has 2 aromatic carbocycles. The first kappa shape index (κ1) is 25.1. The number of aromatic nitrogens is 2. The average molecular weight is 514 g/mol. The predicted molar refractivity (Wildman–Crippen MR) is 132 cm³/mol. The van der Waals surface area contributed by atoms with Crippen molar-refractivity contribution < 1.29 is 33.0 Å². The Labute approximate surface area is 212 Å². The molecule has 1 N–H and O–H groups in total. The van der Waals surface area contributed by atoms with Gasteiger partial charge >= 0.3 is 12.1 Å². The summed E-state index contributed by atoms with van der Waals surface area (Å²) >= 11 is 0. The molecule has 3 atom stereocenters. The van der Waals surface area contributed by atoms with Crippen LogP contribution < -0.4 is 4.90 Å². The predicted octanol–water partition coefficient (Wildman–Crippen LogP) is 4.95. The Hall–Kier alpha value is -3.53. The fourth-order valence-electron chi connectivity index (χ4n) is 5.56. The minimum absolute atomic E-state index is 0.0159. The number of aliphatic carboxylic acids is 1. The highest BCUT2D eigenvalue weighted by molar-refractivity contribution is 5.95. The lowest BCUT2D eigenvalue weighted by Crippen LogP contribution is -2.42. The van der Waals surface area contributed by atoms with Gasteiger partial charge in [-0.1, -0.05) is 30.3 Å². The highest BCUT2D eigenvalue weighted by Gasteiger charge is 2.40. The summed E-state index contributed by atoms with van der Waals surface area (Å²) in [6.45, 7) is 1.36. The SMILES string of the molecule is COC(=O)N1c2ccc3c(nc(CC(C(=O)O)c4ccccc4)n3[C@@H]3COCC(F)(F)C3)c2CC[C@@H]1C. The summed E-state index contributed by atoms with van der Waals surface area (Å²) in [6.07, 6.45) is 0.410. The first-order valence-electron chi connectivity index (χ1n) is 12.3. The van der Waals surface area contributed by atoms with E-state index in [0.717, 1.165) is 5.56 Å². The molecule has 10 heteroatoms. The number of carboxylic acid groups (broad SMARTS) is 1. The number of amides is 1. The molecule has 3 heterocycles. The summed E-state index contributed by atoms with van der Waals surface area (Å²) in [4.78, 5) is 31.3. The molecule has 1 unspecified atom stereocenters. The van der Waals surface area contributed by atoms with Gasteiger partial charge < -0.3 is 19.1 Å². The Morgan fingerprint density at radius 3 is 2.68 bits per heavy atom. The Bertz CT molecular complexity index is 1330. The molecule has 37 heavy (non-hydrogen) atoms. The number of carboxylic acids is 1. The standard InChI is InChI=1S/C27H29F2N3O5/c1-16-8-9-19-21(31(16)26(35)36-2)10-11-22-24(19)30-23(32(22)18-13-27(28,29)15-37-14-18)12-20(25(33)34)17-6-4-3-5-7-17/h3-7,10-11,16,18,20H,8-9,12-15H2,1-2H3,(H,33,34)/t16-,18-,20?/m0/s1. The lowest BCUT2D eigenvalue weighted by atomic mass is 9.95. The van der Waals surface area contributed by atoms with Gasteiger partial charge in [-0.2, -0.15) is 0 Å². The van der Waals surface area contributed by atoms with Crippen molar-refractivity contribution in [3.05, 3.63) is 59.4 Å². The molecule has 1 fully saturated rings. The Morgan fingerprint density at radius 2 is 2.00 bits per heavy atom. The lowest BCUT2D eigenvalue weighted by Gasteiger charge is -2.34. The Balaban J connectivity index is 1.67. The highest BCUT2D eigenvalue weighted by Crippen LogP contribution is 2.40. The van der Waals surface area contributed by atoms with Gasteiger partial charge in [0.1, 0.15) is 12.4 Å². The summed E-state index contributed by atoms with van der Waals surface area (Å²) < 4.78 is 40.8. The van der Waals surface area contributed by atoms with Gasteiger partial charge in [0.15, 0.2) is 0 Å². The van der Waals surface area contributed by atoms with E-state index >= 15 is 0 Å². The van der Waals surface area contributed by atoms with Gasteiger partial charge in [0.2, 0.25) is 0 Å². The quantitative estimate of drug-likeness (QED) is 0.519. The van der Waals surface area contributed by atoms with Crippen molar-refractivity contribution in [2.24, 2.45) is 0 Å². The number of hydrogen-bond acceptors (Lipinski definition) is 5. The molecule has 0 radical (unpaired) electrons. The fraction of sp³-hybridized carbons (Fsp3) is 0.444. The number of rotatable bonds is 5. The maximum atomic E-state index is 14.4. The van der Waals surface area contributed by atoms with Gasteiger partial charge in [-0.3, -0.25) is 9.69 Å². The summed E-state index contributed by atoms with van der Waals surface area (Å²) in [5.74, 6) is -4.55. The Kier molecular flexibility index (Phi) is 6.61. The van der Waals surface area contributed by atoms with Crippen LogP contribution in [0.5, 0.6) is 0 Å². The number of hydrogen-bond donors (Lipinski definition) is 1. The molecule has 0 saturated carbocycles. The van der Waals surface area contributed by atoms with Crippen LogP contribution in [0.15, 0.2) is 42.5 Å². The highest BCUT2D eigenvalue weighted by atomic mass is 19.3. The van der Waals surface area contributed by atoms with Gasteiger partial charge in [0.05, 0.1) is 42.4 Å². The molecule has 5 rings (SSSR count). The van der Waals surface area contributed by atoms with E-state index in [2.05, 4.69) is 0 Å². The van der Waals surface area contributed by atoms with Crippen molar-refractivity contribution >= 4 is 28.8 Å². The van der Waals surface area contributed by atoms with E-state index < -0.39 is 43.0 Å². The number of aryl methyl sites for hydroxylation is 1. The van der Waals surface area contributed by atoms with Crippen molar-refractivity contribution in [3.63, 3.8) is 0 Å². The van der Waals surface area contributed by atoms with Crippen molar-refractivity contribution in [1.29, 1.82) is 0 Å². The van der Waals surface area contributed by atoms with Gasteiger partial charge in [-0.15, -0.1) is 0 Å². The minimum atomic E-state index is -3.01. The topological polar surface area (TPSA) is 93.9 Å². The van der Waals surface area contributed by atoms with Gasteiger partial charge in [0.25, 0.3) is 5.92 Å². The van der Waals surface area contributed by atoms with Crippen LogP contribution in [0.2, 0.25) is 0 Å². The molecular formula is C27H29F2N3O5. The zero-order valence-electron chi connectivity index (χ0n) is 20.7. The zero-order valence-corrected chi connectivity index (χ0v) is 20.7. The molecular weight excluding hydrogens is 484 g/mol. The summed E-state index contributed by atoms with van der Waals surface area (Å²) in [5, 5.41) is 10.1. The summed E-state index contributed by atoms with van der Waals surface area (Å²) in [7, 11) is 1.33. The normalized spacial score (nSPS) is 21.9. The molecule has 1 saturated heterocycles. The lowest BCUT2D eigenvalue weighted by molar-refractivity contribution is -0.139. The second kappa shape index (κ2) is 9.74. The van der Waals surface area contributed by atoms with Crippen LogP contribution >= 0.6 is 0 Å². The van der Waals surface area contributed by atoms with E-state index in [1.807, 2.05) is 6.92 Å². The number of alkyl halides is 2. The smallest absolute Gasteiger partial charge is 0.414 e.